The number of hydrogen-bond acceptors (Lipinski definition) is 3. The van der Waals surface area contributed by atoms with Crippen molar-refractivity contribution in [1.82, 2.24) is 10.3 Å². The molecule has 1 unspecified atom stereocenters. The molecule has 0 saturated carbocycles. The van der Waals surface area contributed by atoms with Crippen LogP contribution in [0.15, 0.2) is 64.0 Å². The van der Waals surface area contributed by atoms with Crippen LogP contribution < -0.4 is 10.9 Å². The minimum atomic E-state index is -0.387. The van der Waals surface area contributed by atoms with Gasteiger partial charge in [-0.25, -0.2) is 0 Å². The Labute approximate surface area is 144 Å². The first-order chi connectivity index (χ1) is 12.2. The van der Waals surface area contributed by atoms with Crippen LogP contribution in [0.5, 0.6) is 0 Å². The molecule has 5 heteroatoms. The van der Waals surface area contributed by atoms with Crippen LogP contribution in [0.2, 0.25) is 0 Å². The predicted octanol–water partition coefficient (Wildman–Crippen LogP) is 3.44. The van der Waals surface area contributed by atoms with Gasteiger partial charge in [0.1, 0.15) is 11.3 Å². The van der Waals surface area contributed by atoms with Crippen molar-refractivity contribution >= 4 is 5.91 Å². The van der Waals surface area contributed by atoms with E-state index >= 15 is 0 Å². The summed E-state index contributed by atoms with van der Waals surface area (Å²) in [5.41, 5.74) is 2.34. The molecule has 2 N–H and O–H groups in total. The highest BCUT2D eigenvalue weighted by atomic mass is 16.3. The monoisotopic (exact) mass is 334 g/mol. The van der Waals surface area contributed by atoms with Crippen LogP contribution in [-0.4, -0.2) is 10.9 Å². The van der Waals surface area contributed by atoms with E-state index in [1.54, 1.807) is 18.4 Å². The largest absolute Gasteiger partial charge is 0.469 e. The Morgan fingerprint density at radius 1 is 1.12 bits per heavy atom. The molecule has 126 valence electrons. The maximum absolute atomic E-state index is 12.6. The Bertz CT molecular complexity index is 956. The van der Waals surface area contributed by atoms with E-state index in [0.717, 1.165) is 36.1 Å². The van der Waals surface area contributed by atoms with Gasteiger partial charge in [0.05, 0.1) is 12.3 Å². The van der Waals surface area contributed by atoms with Gasteiger partial charge in [-0.05, 0) is 36.6 Å². The normalized spacial score (nSPS) is 16.2. The minimum absolute atomic E-state index is 0.108. The zero-order chi connectivity index (χ0) is 17.2. The molecule has 1 aromatic carbocycles. The van der Waals surface area contributed by atoms with E-state index < -0.39 is 0 Å². The molecule has 1 aliphatic carbocycles. The summed E-state index contributed by atoms with van der Waals surface area (Å²) in [6, 6.07) is 14.7. The second-order valence-corrected chi connectivity index (χ2v) is 6.20. The van der Waals surface area contributed by atoms with E-state index in [4.69, 9.17) is 4.42 Å². The molecular formula is C20H18N2O3. The van der Waals surface area contributed by atoms with Crippen molar-refractivity contribution in [2.24, 2.45) is 0 Å². The predicted molar refractivity (Wildman–Crippen MR) is 94.4 cm³/mol. The average Bonchev–Trinajstić information content (AvgIpc) is 3.12. The summed E-state index contributed by atoms with van der Waals surface area (Å²) in [5, 5.41) is 2.96. The number of rotatable bonds is 3. The Morgan fingerprint density at radius 3 is 2.76 bits per heavy atom. The van der Waals surface area contributed by atoms with Crippen LogP contribution >= 0.6 is 0 Å². The standard InChI is InChI=1S/C20H18N2O3/c23-19-15(9-10-16(21-19)13-5-2-1-3-6-13)20(24)22-17-7-4-8-18-14(17)11-12-25-18/h1-3,5-6,9-12,17H,4,7-8H2,(H,21,23)(H,22,24). The first-order valence-corrected chi connectivity index (χ1v) is 8.38. The number of hydrogen-bond donors (Lipinski definition) is 2. The molecule has 1 aliphatic rings. The maximum atomic E-state index is 12.6. The lowest BCUT2D eigenvalue weighted by molar-refractivity contribution is 0.0930. The van der Waals surface area contributed by atoms with Crippen LogP contribution in [0.3, 0.4) is 0 Å². The van der Waals surface area contributed by atoms with Gasteiger partial charge >= 0.3 is 0 Å². The third-order valence-electron chi connectivity index (χ3n) is 4.60. The SMILES string of the molecule is O=C(NC1CCCc2occc21)c1ccc(-c2ccccc2)[nH]c1=O. The van der Waals surface area contributed by atoms with Crippen molar-refractivity contribution in [3.05, 3.63) is 82.0 Å². The van der Waals surface area contributed by atoms with Crippen molar-refractivity contribution in [2.75, 3.05) is 0 Å². The van der Waals surface area contributed by atoms with Gasteiger partial charge in [0.15, 0.2) is 0 Å². The molecule has 0 spiro atoms. The van der Waals surface area contributed by atoms with Crippen LogP contribution in [0, 0.1) is 0 Å². The number of carbonyl (C=O) groups is 1. The fourth-order valence-electron chi connectivity index (χ4n) is 3.31. The maximum Gasteiger partial charge on any atom is 0.261 e. The first kappa shape index (κ1) is 15.4. The molecule has 0 radical (unpaired) electrons. The lowest BCUT2D eigenvalue weighted by atomic mass is 9.93. The van der Waals surface area contributed by atoms with E-state index in [1.165, 1.54) is 0 Å². The van der Waals surface area contributed by atoms with Crippen molar-refractivity contribution in [3.63, 3.8) is 0 Å². The van der Waals surface area contributed by atoms with Crippen LogP contribution in [-0.2, 0) is 6.42 Å². The summed E-state index contributed by atoms with van der Waals surface area (Å²) in [6.07, 6.45) is 4.34. The summed E-state index contributed by atoms with van der Waals surface area (Å²) < 4.78 is 5.44. The van der Waals surface area contributed by atoms with E-state index in [9.17, 15) is 9.59 Å². The summed E-state index contributed by atoms with van der Waals surface area (Å²) in [6.45, 7) is 0. The van der Waals surface area contributed by atoms with Gasteiger partial charge in [0, 0.05) is 17.7 Å². The van der Waals surface area contributed by atoms with Crippen LogP contribution in [0.4, 0.5) is 0 Å². The molecule has 2 aromatic heterocycles. The van der Waals surface area contributed by atoms with Gasteiger partial charge in [-0.1, -0.05) is 30.3 Å². The zero-order valence-corrected chi connectivity index (χ0v) is 13.6. The lowest BCUT2D eigenvalue weighted by Crippen LogP contribution is -2.34. The smallest absolute Gasteiger partial charge is 0.261 e. The molecule has 0 fully saturated rings. The zero-order valence-electron chi connectivity index (χ0n) is 13.6. The number of aromatic amines is 1. The Hall–Kier alpha value is -3.08. The molecule has 0 aliphatic heterocycles. The third-order valence-corrected chi connectivity index (χ3v) is 4.60. The van der Waals surface area contributed by atoms with E-state index in [-0.39, 0.29) is 23.1 Å². The molecule has 25 heavy (non-hydrogen) atoms. The van der Waals surface area contributed by atoms with Gasteiger partial charge in [-0.2, -0.15) is 0 Å². The topological polar surface area (TPSA) is 75.1 Å². The Balaban J connectivity index is 1.57. The fourth-order valence-corrected chi connectivity index (χ4v) is 3.31. The number of nitrogens with one attached hydrogen (secondary N) is 2. The highest BCUT2D eigenvalue weighted by Crippen LogP contribution is 2.30. The molecule has 4 rings (SSSR count). The van der Waals surface area contributed by atoms with Crippen molar-refractivity contribution < 1.29 is 9.21 Å². The third kappa shape index (κ3) is 3.01. The van der Waals surface area contributed by atoms with E-state index in [0.29, 0.717) is 5.69 Å². The van der Waals surface area contributed by atoms with Gasteiger partial charge in [-0.3, -0.25) is 9.59 Å². The second-order valence-electron chi connectivity index (χ2n) is 6.20. The number of amides is 1. The minimum Gasteiger partial charge on any atom is -0.469 e. The van der Waals surface area contributed by atoms with Gasteiger partial charge in [0.2, 0.25) is 0 Å². The van der Waals surface area contributed by atoms with Crippen LogP contribution in [0.25, 0.3) is 11.3 Å². The molecule has 1 amide bonds. The molecular weight excluding hydrogens is 316 g/mol. The summed E-state index contributed by atoms with van der Waals surface area (Å²) in [4.78, 5) is 27.7. The average molecular weight is 334 g/mol. The molecule has 0 bridgehead atoms. The van der Waals surface area contributed by atoms with Crippen LogP contribution in [0.1, 0.15) is 40.6 Å². The van der Waals surface area contributed by atoms with Crippen molar-refractivity contribution in [3.8, 4) is 11.3 Å². The number of aryl methyl sites for hydroxylation is 1. The van der Waals surface area contributed by atoms with Gasteiger partial charge in [-0.15, -0.1) is 0 Å². The first-order valence-electron chi connectivity index (χ1n) is 8.38. The quantitative estimate of drug-likeness (QED) is 0.770. The molecule has 1 atom stereocenters. The molecule has 5 nitrogen and oxygen atoms in total. The van der Waals surface area contributed by atoms with E-state index in [2.05, 4.69) is 10.3 Å². The summed E-state index contributed by atoms with van der Waals surface area (Å²) >= 11 is 0. The summed E-state index contributed by atoms with van der Waals surface area (Å²) in [7, 11) is 0. The summed E-state index contributed by atoms with van der Waals surface area (Å²) in [5.74, 6) is 0.560. The van der Waals surface area contributed by atoms with Gasteiger partial charge < -0.3 is 14.7 Å². The number of furan rings is 1. The number of aromatic nitrogens is 1. The number of pyridine rings is 1. The van der Waals surface area contributed by atoms with Crippen molar-refractivity contribution in [1.29, 1.82) is 0 Å². The fraction of sp³-hybridized carbons (Fsp3) is 0.200. The van der Waals surface area contributed by atoms with Gasteiger partial charge in [0.25, 0.3) is 11.5 Å². The lowest BCUT2D eigenvalue weighted by Gasteiger charge is -2.22. The Kier molecular flexibility index (Phi) is 3.98. The van der Waals surface area contributed by atoms with Crippen molar-refractivity contribution in [2.45, 2.75) is 25.3 Å². The number of benzene rings is 1. The number of fused-ring (bicyclic) bond motifs is 1. The number of H-pyrrole nitrogens is 1. The molecule has 0 saturated heterocycles. The molecule has 2 heterocycles. The molecule has 3 aromatic rings. The van der Waals surface area contributed by atoms with E-state index in [1.807, 2.05) is 36.4 Å². The highest BCUT2D eigenvalue weighted by Gasteiger charge is 2.25. The number of carbonyl (C=O) groups excluding carboxylic acids is 1. The highest BCUT2D eigenvalue weighted by molar-refractivity contribution is 5.94. The second kappa shape index (κ2) is 6.43. The Morgan fingerprint density at radius 2 is 1.96 bits per heavy atom.